The van der Waals surface area contributed by atoms with Crippen LogP contribution in [0.4, 0.5) is 23.2 Å². The lowest BCUT2D eigenvalue weighted by molar-refractivity contribution is -0.137. The highest BCUT2D eigenvalue weighted by Gasteiger charge is 2.35. The Morgan fingerprint density at radius 3 is 2.49 bits per heavy atom. The Bertz CT molecular complexity index is 1500. The van der Waals surface area contributed by atoms with Gasteiger partial charge in [-0.05, 0) is 77.9 Å². The summed E-state index contributed by atoms with van der Waals surface area (Å²) in [7, 11) is 0. The van der Waals surface area contributed by atoms with Crippen LogP contribution in [0, 0.1) is 11.7 Å². The van der Waals surface area contributed by atoms with Crippen LogP contribution in [0.1, 0.15) is 35.5 Å². The molecule has 37 heavy (non-hydrogen) atoms. The summed E-state index contributed by atoms with van der Waals surface area (Å²) >= 11 is 0. The van der Waals surface area contributed by atoms with Gasteiger partial charge in [0, 0.05) is 17.4 Å². The van der Waals surface area contributed by atoms with Crippen LogP contribution < -0.4 is 11.1 Å². The van der Waals surface area contributed by atoms with Crippen molar-refractivity contribution in [3.8, 4) is 11.1 Å². The first-order chi connectivity index (χ1) is 17.6. The second kappa shape index (κ2) is 10.3. The van der Waals surface area contributed by atoms with E-state index in [0.29, 0.717) is 16.8 Å². The first-order valence-electron chi connectivity index (χ1n) is 11.4. The molecule has 0 aliphatic rings. The van der Waals surface area contributed by atoms with E-state index in [9.17, 15) is 22.4 Å². The van der Waals surface area contributed by atoms with Gasteiger partial charge >= 0.3 is 6.18 Å². The molecule has 9 heteroatoms. The molecule has 0 fully saturated rings. The topological polar surface area (TPSA) is 72.4 Å². The molecule has 0 saturated carbocycles. The number of pyridine rings is 1. The normalized spacial score (nSPS) is 12.6. The third-order valence-electron chi connectivity index (χ3n) is 5.82. The van der Waals surface area contributed by atoms with Crippen molar-refractivity contribution in [1.82, 2.24) is 9.38 Å². The van der Waals surface area contributed by atoms with Crippen LogP contribution in [0.25, 0.3) is 22.3 Å². The van der Waals surface area contributed by atoms with Gasteiger partial charge in [-0.15, -0.1) is 0 Å². The van der Waals surface area contributed by atoms with Gasteiger partial charge in [0.05, 0.1) is 23.0 Å². The van der Waals surface area contributed by atoms with Gasteiger partial charge < -0.3 is 11.1 Å². The largest absolute Gasteiger partial charge is 0.417 e. The van der Waals surface area contributed by atoms with Crippen LogP contribution in [0.5, 0.6) is 0 Å². The number of rotatable bonds is 6. The fourth-order valence-corrected chi connectivity index (χ4v) is 4.06. The zero-order valence-electron chi connectivity index (χ0n) is 20.1. The molecule has 0 radical (unpaired) electrons. The van der Waals surface area contributed by atoms with Crippen molar-refractivity contribution < 1.29 is 22.4 Å². The molecule has 0 unspecified atom stereocenters. The number of alkyl halides is 3. The molecule has 4 aromatic rings. The highest BCUT2D eigenvalue weighted by molar-refractivity contribution is 6.06. The monoisotopic (exact) mass is 508 g/mol. The number of aromatic nitrogens is 2. The Hall–Kier alpha value is -4.40. The summed E-state index contributed by atoms with van der Waals surface area (Å²) in [5.74, 6) is -1.35. The van der Waals surface area contributed by atoms with E-state index in [1.165, 1.54) is 30.5 Å². The Kier molecular flexibility index (Phi) is 7.15. The highest BCUT2D eigenvalue weighted by atomic mass is 19.4. The number of nitrogens with zero attached hydrogens (tertiary/aromatic N) is 2. The third kappa shape index (κ3) is 5.40. The SMILES string of the molecule is CC(C)/C(=C\C=C/N)c1cnc2c(-c3ccc(C(F)(F)F)c(C(=O)Nc4ccc(F)cc4)c3)cccn12. The maximum atomic E-state index is 13.8. The van der Waals surface area contributed by atoms with E-state index < -0.39 is 29.0 Å². The van der Waals surface area contributed by atoms with Gasteiger partial charge in [-0.25, -0.2) is 9.37 Å². The Morgan fingerprint density at radius 2 is 1.84 bits per heavy atom. The minimum Gasteiger partial charge on any atom is -0.405 e. The number of halogens is 4. The molecule has 2 aromatic heterocycles. The van der Waals surface area contributed by atoms with Crippen molar-refractivity contribution in [2.75, 3.05) is 5.32 Å². The summed E-state index contributed by atoms with van der Waals surface area (Å²) in [6.07, 6.45) is 3.79. The van der Waals surface area contributed by atoms with E-state index in [0.717, 1.165) is 29.5 Å². The second-order valence-electron chi connectivity index (χ2n) is 8.64. The average molecular weight is 509 g/mol. The van der Waals surface area contributed by atoms with Gasteiger partial charge in [0.15, 0.2) is 0 Å². The molecular formula is C28H24F4N4O. The number of fused-ring (bicyclic) bond motifs is 1. The van der Waals surface area contributed by atoms with Gasteiger partial charge in [0.2, 0.25) is 0 Å². The zero-order valence-corrected chi connectivity index (χ0v) is 20.1. The molecule has 0 aliphatic heterocycles. The molecule has 1 amide bonds. The fourth-order valence-electron chi connectivity index (χ4n) is 4.06. The molecule has 190 valence electrons. The standard InChI is InChI=1S/C28H24F4N4O/c1-17(2)21(5-3-13-33)25-16-34-26-22(6-4-14-36(25)26)18-7-12-24(28(30,31)32)23(15-18)27(37)35-20-10-8-19(29)9-11-20/h3-17H,33H2,1-2H3,(H,35,37)/b13-3-,21-5+. The first kappa shape index (κ1) is 25.7. The molecule has 3 N–H and O–H groups in total. The quantitative estimate of drug-likeness (QED) is 0.219. The van der Waals surface area contributed by atoms with E-state index in [1.807, 2.05) is 30.5 Å². The predicted octanol–water partition coefficient (Wildman–Crippen LogP) is 6.92. The molecule has 2 heterocycles. The number of carbonyl (C=O) groups is 1. The van der Waals surface area contributed by atoms with Crippen molar-refractivity contribution >= 4 is 22.8 Å². The lowest BCUT2D eigenvalue weighted by Gasteiger charge is -2.15. The molecule has 0 spiro atoms. The number of anilines is 1. The van der Waals surface area contributed by atoms with Gasteiger partial charge in [-0.3, -0.25) is 9.20 Å². The van der Waals surface area contributed by atoms with Crippen LogP contribution in [0.3, 0.4) is 0 Å². The number of carbonyl (C=O) groups excluding carboxylic acids is 1. The number of imidazole rings is 1. The van der Waals surface area contributed by atoms with Crippen molar-refractivity contribution in [3.63, 3.8) is 0 Å². The summed E-state index contributed by atoms with van der Waals surface area (Å²) in [6, 6.07) is 11.7. The minimum atomic E-state index is -4.76. The third-order valence-corrected chi connectivity index (χ3v) is 5.82. The van der Waals surface area contributed by atoms with Crippen LogP contribution in [0.2, 0.25) is 0 Å². The molecule has 0 aliphatic carbocycles. The summed E-state index contributed by atoms with van der Waals surface area (Å²) in [5.41, 5.74) is 7.28. The van der Waals surface area contributed by atoms with E-state index >= 15 is 0 Å². The molecular weight excluding hydrogens is 484 g/mol. The molecule has 4 rings (SSSR count). The van der Waals surface area contributed by atoms with Crippen molar-refractivity contribution in [1.29, 1.82) is 0 Å². The number of amides is 1. The average Bonchev–Trinajstić information content (AvgIpc) is 3.28. The summed E-state index contributed by atoms with van der Waals surface area (Å²) in [5, 5.41) is 2.41. The van der Waals surface area contributed by atoms with Gasteiger partial charge in [0.25, 0.3) is 5.91 Å². The van der Waals surface area contributed by atoms with Crippen molar-refractivity contribution in [2.24, 2.45) is 11.7 Å². The van der Waals surface area contributed by atoms with E-state index in [4.69, 9.17) is 5.73 Å². The lowest BCUT2D eigenvalue weighted by atomic mass is 9.98. The second-order valence-corrected chi connectivity index (χ2v) is 8.64. The number of allylic oxidation sites excluding steroid dienone is 3. The Morgan fingerprint density at radius 1 is 1.11 bits per heavy atom. The Balaban J connectivity index is 1.82. The fraction of sp³-hybridized carbons (Fsp3) is 0.143. The molecule has 0 bridgehead atoms. The van der Waals surface area contributed by atoms with E-state index in [-0.39, 0.29) is 11.6 Å². The van der Waals surface area contributed by atoms with Crippen LogP contribution in [-0.2, 0) is 6.18 Å². The van der Waals surface area contributed by atoms with Crippen molar-refractivity contribution in [2.45, 2.75) is 20.0 Å². The summed E-state index contributed by atoms with van der Waals surface area (Å²) < 4.78 is 56.4. The van der Waals surface area contributed by atoms with E-state index in [1.54, 1.807) is 24.4 Å². The molecule has 2 aromatic carbocycles. The number of hydrogen-bond donors (Lipinski definition) is 2. The number of nitrogens with one attached hydrogen (secondary N) is 1. The van der Waals surface area contributed by atoms with Crippen LogP contribution >= 0.6 is 0 Å². The minimum absolute atomic E-state index is 0.146. The van der Waals surface area contributed by atoms with Gasteiger partial charge in [-0.2, -0.15) is 13.2 Å². The molecule has 5 nitrogen and oxygen atoms in total. The zero-order chi connectivity index (χ0) is 26.7. The smallest absolute Gasteiger partial charge is 0.405 e. The van der Waals surface area contributed by atoms with Crippen LogP contribution in [-0.4, -0.2) is 15.3 Å². The predicted molar refractivity (Wildman–Crippen MR) is 136 cm³/mol. The molecule has 0 saturated heterocycles. The first-order valence-corrected chi connectivity index (χ1v) is 11.4. The highest BCUT2D eigenvalue weighted by Crippen LogP contribution is 2.36. The summed E-state index contributed by atoms with van der Waals surface area (Å²) in [4.78, 5) is 17.5. The number of benzene rings is 2. The van der Waals surface area contributed by atoms with Gasteiger partial charge in [0.1, 0.15) is 11.5 Å². The van der Waals surface area contributed by atoms with E-state index in [2.05, 4.69) is 10.3 Å². The maximum Gasteiger partial charge on any atom is 0.417 e. The van der Waals surface area contributed by atoms with Crippen molar-refractivity contribution in [3.05, 3.63) is 108 Å². The maximum absolute atomic E-state index is 13.8. The number of nitrogens with two attached hydrogens (primary N) is 1. The molecule has 0 atom stereocenters. The van der Waals surface area contributed by atoms with Crippen LogP contribution in [0.15, 0.2) is 85.3 Å². The lowest BCUT2D eigenvalue weighted by Crippen LogP contribution is -2.19. The Labute approximate surface area is 211 Å². The van der Waals surface area contributed by atoms with Gasteiger partial charge in [-0.1, -0.05) is 26.0 Å². The number of hydrogen-bond acceptors (Lipinski definition) is 3. The summed E-state index contributed by atoms with van der Waals surface area (Å²) in [6.45, 7) is 4.06.